The van der Waals surface area contributed by atoms with E-state index in [1.165, 1.54) is 4.88 Å². The lowest BCUT2D eigenvalue weighted by Gasteiger charge is -2.23. The minimum atomic E-state index is -0.00622. The van der Waals surface area contributed by atoms with Crippen LogP contribution in [-0.4, -0.2) is 33.9 Å². The molecule has 4 rings (SSSR count). The Labute approximate surface area is 168 Å². The van der Waals surface area contributed by atoms with Crippen molar-refractivity contribution in [2.24, 2.45) is 0 Å². The lowest BCUT2D eigenvalue weighted by atomic mass is 10.2. The number of amides is 1. The molecule has 3 aromatic rings. The molecule has 0 atom stereocenters. The number of anilines is 1. The maximum Gasteiger partial charge on any atom is 0.226 e. The van der Waals surface area contributed by atoms with Gasteiger partial charge in [0.1, 0.15) is 0 Å². The second-order valence-corrected chi connectivity index (χ2v) is 7.98. The third-order valence-corrected chi connectivity index (χ3v) is 5.91. The molecule has 1 amide bonds. The Balaban J connectivity index is 1.25. The molecule has 0 bridgehead atoms. The van der Waals surface area contributed by atoms with Crippen LogP contribution in [-0.2, 0) is 24.2 Å². The van der Waals surface area contributed by atoms with E-state index < -0.39 is 0 Å². The van der Waals surface area contributed by atoms with E-state index in [0.717, 1.165) is 48.2 Å². The van der Waals surface area contributed by atoms with Crippen LogP contribution in [0.5, 0.6) is 0 Å². The van der Waals surface area contributed by atoms with E-state index in [4.69, 9.17) is 4.42 Å². The highest BCUT2D eigenvalue weighted by Gasteiger charge is 2.20. The number of aryl methyl sites for hydroxylation is 1. The third kappa shape index (κ3) is 4.48. The number of thiazole rings is 1. The molecule has 0 unspecified atom stereocenters. The number of likely N-dealkylation sites (N-methyl/N-ethyl adjacent to an activating group) is 1. The summed E-state index contributed by atoms with van der Waals surface area (Å²) >= 11 is 1.60. The predicted molar refractivity (Wildman–Crippen MR) is 110 cm³/mol. The van der Waals surface area contributed by atoms with Gasteiger partial charge in [-0.3, -0.25) is 9.69 Å². The zero-order chi connectivity index (χ0) is 19.3. The summed E-state index contributed by atoms with van der Waals surface area (Å²) in [5.41, 5.74) is 2.14. The Morgan fingerprint density at radius 3 is 3.00 bits per heavy atom. The molecule has 0 aliphatic carbocycles. The Morgan fingerprint density at radius 1 is 1.32 bits per heavy atom. The van der Waals surface area contributed by atoms with E-state index in [1.807, 2.05) is 30.3 Å². The molecule has 1 aromatic carbocycles. The molecule has 0 saturated carbocycles. The average molecular weight is 397 g/mol. The summed E-state index contributed by atoms with van der Waals surface area (Å²) in [5, 5.41) is 3.67. The Kier molecular flexibility index (Phi) is 5.83. The number of rotatable bonds is 7. The predicted octanol–water partition coefficient (Wildman–Crippen LogP) is 4.14. The topological polar surface area (TPSA) is 71.3 Å². The first-order chi connectivity index (χ1) is 13.7. The number of nitrogens with zero attached hydrogens (tertiary/aromatic N) is 3. The number of benzene rings is 1. The van der Waals surface area contributed by atoms with Gasteiger partial charge in [-0.05, 0) is 13.0 Å². The van der Waals surface area contributed by atoms with Crippen molar-refractivity contribution in [1.29, 1.82) is 0 Å². The van der Waals surface area contributed by atoms with E-state index in [0.29, 0.717) is 25.2 Å². The molecule has 2 aromatic heterocycles. The van der Waals surface area contributed by atoms with E-state index in [2.05, 4.69) is 27.1 Å². The standard InChI is InChI=1S/C21H24N4O2S/c1-2-25-12-11-16-18(14-25)28-21(23-16)24-19(26)9-6-10-20-22-13-17(27-20)15-7-4-3-5-8-15/h3-5,7-8,13H,2,6,9-12,14H2,1H3,(H,23,24,26). The van der Waals surface area contributed by atoms with Gasteiger partial charge in [0.25, 0.3) is 0 Å². The van der Waals surface area contributed by atoms with Crippen molar-refractivity contribution in [2.45, 2.75) is 39.2 Å². The summed E-state index contributed by atoms with van der Waals surface area (Å²) in [6.07, 6.45) is 4.46. The summed E-state index contributed by atoms with van der Waals surface area (Å²) in [6, 6.07) is 9.89. The van der Waals surface area contributed by atoms with Crippen LogP contribution >= 0.6 is 11.3 Å². The lowest BCUT2D eigenvalue weighted by Crippen LogP contribution is -2.29. The third-order valence-electron chi connectivity index (χ3n) is 4.91. The normalized spacial score (nSPS) is 14.0. The van der Waals surface area contributed by atoms with Crippen LogP contribution in [0.2, 0.25) is 0 Å². The van der Waals surface area contributed by atoms with Gasteiger partial charge in [-0.1, -0.05) is 37.3 Å². The zero-order valence-corrected chi connectivity index (χ0v) is 16.8. The quantitative estimate of drug-likeness (QED) is 0.650. The molecular weight excluding hydrogens is 372 g/mol. The number of carbonyl (C=O) groups is 1. The van der Waals surface area contributed by atoms with Crippen molar-refractivity contribution >= 4 is 22.4 Å². The number of hydrogen-bond donors (Lipinski definition) is 1. The van der Waals surface area contributed by atoms with Crippen LogP contribution in [0, 0.1) is 0 Å². The number of oxazole rings is 1. The first-order valence-electron chi connectivity index (χ1n) is 9.72. The van der Waals surface area contributed by atoms with Crippen LogP contribution < -0.4 is 5.32 Å². The highest BCUT2D eigenvalue weighted by atomic mass is 32.1. The molecule has 28 heavy (non-hydrogen) atoms. The van der Waals surface area contributed by atoms with Gasteiger partial charge in [-0.25, -0.2) is 9.97 Å². The monoisotopic (exact) mass is 396 g/mol. The summed E-state index contributed by atoms with van der Waals surface area (Å²) in [6.45, 7) is 5.20. The zero-order valence-electron chi connectivity index (χ0n) is 16.0. The number of nitrogens with one attached hydrogen (secondary N) is 1. The maximum atomic E-state index is 12.3. The van der Waals surface area contributed by atoms with Gasteiger partial charge in [0.05, 0.1) is 11.9 Å². The molecule has 0 spiro atoms. The van der Waals surface area contributed by atoms with Crippen LogP contribution in [0.25, 0.3) is 11.3 Å². The van der Waals surface area contributed by atoms with Crippen LogP contribution in [0.1, 0.15) is 36.2 Å². The number of fused-ring (bicyclic) bond motifs is 1. The van der Waals surface area contributed by atoms with Crippen molar-refractivity contribution in [2.75, 3.05) is 18.4 Å². The van der Waals surface area contributed by atoms with Gasteiger partial charge in [0.2, 0.25) is 5.91 Å². The van der Waals surface area contributed by atoms with E-state index in [-0.39, 0.29) is 5.91 Å². The molecule has 1 aliphatic heterocycles. The smallest absolute Gasteiger partial charge is 0.226 e. The Morgan fingerprint density at radius 2 is 2.18 bits per heavy atom. The summed E-state index contributed by atoms with van der Waals surface area (Å²) in [5.74, 6) is 1.42. The van der Waals surface area contributed by atoms with Crippen molar-refractivity contribution in [3.63, 3.8) is 0 Å². The Hall–Kier alpha value is -2.51. The summed E-state index contributed by atoms with van der Waals surface area (Å²) in [7, 11) is 0. The largest absolute Gasteiger partial charge is 0.441 e. The van der Waals surface area contributed by atoms with Gasteiger partial charge >= 0.3 is 0 Å². The first kappa shape index (κ1) is 18.8. The van der Waals surface area contributed by atoms with Gasteiger partial charge in [-0.2, -0.15) is 0 Å². The molecule has 7 heteroatoms. The molecule has 1 N–H and O–H groups in total. The second kappa shape index (κ2) is 8.67. The van der Waals surface area contributed by atoms with Gasteiger partial charge < -0.3 is 9.73 Å². The SMILES string of the molecule is CCN1CCc2nc(NC(=O)CCCc3ncc(-c4ccccc4)o3)sc2C1. The first-order valence-corrected chi connectivity index (χ1v) is 10.5. The fourth-order valence-corrected chi connectivity index (χ4v) is 4.38. The fourth-order valence-electron chi connectivity index (χ4n) is 3.32. The van der Waals surface area contributed by atoms with E-state index in [1.54, 1.807) is 17.5 Å². The molecule has 0 saturated heterocycles. The van der Waals surface area contributed by atoms with Crippen molar-refractivity contribution in [3.05, 3.63) is 53.0 Å². The minimum Gasteiger partial charge on any atom is -0.441 e. The van der Waals surface area contributed by atoms with Crippen LogP contribution in [0.15, 0.2) is 40.9 Å². The molecular formula is C21H24N4O2S. The molecule has 146 valence electrons. The van der Waals surface area contributed by atoms with E-state index in [9.17, 15) is 4.79 Å². The van der Waals surface area contributed by atoms with Gasteiger partial charge in [0, 0.05) is 42.8 Å². The molecule has 0 fully saturated rings. The molecule has 3 heterocycles. The fraction of sp³-hybridized carbons (Fsp3) is 0.381. The Bertz CT molecular complexity index is 935. The highest BCUT2D eigenvalue weighted by Crippen LogP contribution is 2.28. The molecule has 6 nitrogen and oxygen atoms in total. The average Bonchev–Trinajstić information content (AvgIpc) is 3.34. The van der Waals surface area contributed by atoms with Crippen LogP contribution in [0.3, 0.4) is 0 Å². The second-order valence-electron chi connectivity index (χ2n) is 6.89. The van der Waals surface area contributed by atoms with Gasteiger partial charge in [0.15, 0.2) is 16.8 Å². The highest BCUT2D eigenvalue weighted by molar-refractivity contribution is 7.15. The number of hydrogen-bond acceptors (Lipinski definition) is 6. The van der Waals surface area contributed by atoms with Gasteiger partial charge in [-0.15, -0.1) is 11.3 Å². The molecule has 0 radical (unpaired) electrons. The van der Waals surface area contributed by atoms with Crippen molar-refractivity contribution < 1.29 is 9.21 Å². The van der Waals surface area contributed by atoms with Crippen LogP contribution in [0.4, 0.5) is 5.13 Å². The lowest BCUT2D eigenvalue weighted by molar-refractivity contribution is -0.116. The molecule has 1 aliphatic rings. The number of carbonyl (C=O) groups excluding carboxylic acids is 1. The minimum absolute atomic E-state index is 0.00622. The van der Waals surface area contributed by atoms with Crippen molar-refractivity contribution in [1.82, 2.24) is 14.9 Å². The summed E-state index contributed by atoms with van der Waals surface area (Å²) < 4.78 is 5.79. The maximum absolute atomic E-state index is 12.3. The number of aromatic nitrogens is 2. The van der Waals surface area contributed by atoms with E-state index >= 15 is 0 Å². The summed E-state index contributed by atoms with van der Waals surface area (Å²) in [4.78, 5) is 24.8. The van der Waals surface area contributed by atoms with Crippen molar-refractivity contribution in [3.8, 4) is 11.3 Å².